The van der Waals surface area contributed by atoms with Crippen LogP contribution in [-0.4, -0.2) is 74.7 Å². The van der Waals surface area contributed by atoms with Gasteiger partial charge in [0.05, 0.1) is 6.42 Å². The minimum Gasteiger partial charge on any atom is -0.465 e. The van der Waals surface area contributed by atoms with Crippen LogP contribution < -0.4 is 0 Å². The van der Waals surface area contributed by atoms with Crippen LogP contribution in [0.2, 0.25) is 0 Å². The molecular formula is C13H26N2O3S. The lowest BCUT2D eigenvalue weighted by molar-refractivity contribution is -0.143. The Morgan fingerprint density at radius 1 is 1.21 bits per heavy atom. The average Bonchev–Trinajstić information content (AvgIpc) is 2.38. The number of esters is 1. The van der Waals surface area contributed by atoms with Gasteiger partial charge in [0.25, 0.3) is 0 Å². The Balaban J connectivity index is 3.90. The van der Waals surface area contributed by atoms with Crippen molar-refractivity contribution in [2.75, 3.05) is 52.6 Å². The molecule has 0 radical (unpaired) electrons. The van der Waals surface area contributed by atoms with Crippen molar-refractivity contribution in [1.82, 2.24) is 9.80 Å². The minimum atomic E-state index is -0.197. The summed E-state index contributed by atoms with van der Waals surface area (Å²) in [6.45, 7) is 3.61. The van der Waals surface area contributed by atoms with Gasteiger partial charge in [-0.1, -0.05) is 0 Å². The predicted octanol–water partition coefficient (Wildman–Crippen LogP) is 0.692. The largest absolute Gasteiger partial charge is 0.465 e. The Morgan fingerprint density at radius 2 is 1.95 bits per heavy atom. The summed E-state index contributed by atoms with van der Waals surface area (Å²) in [5.41, 5.74) is 0. The summed E-state index contributed by atoms with van der Waals surface area (Å²) in [6, 6.07) is 0. The van der Waals surface area contributed by atoms with Crippen molar-refractivity contribution >= 4 is 24.9 Å². The predicted molar refractivity (Wildman–Crippen MR) is 79.7 cm³/mol. The van der Waals surface area contributed by atoms with Gasteiger partial charge in [-0.2, -0.15) is 12.6 Å². The van der Waals surface area contributed by atoms with E-state index in [1.165, 1.54) is 0 Å². The highest BCUT2D eigenvalue weighted by Crippen LogP contribution is 1.98. The first-order valence-corrected chi connectivity index (χ1v) is 7.30. The maximum Gasteiger partial charge on any atom is 0.307 e. The van der Waals surface area contributed by atoms with Crippen LogP contribution in [0.1, 0.15) is 19.3 Å². The van der Waals surface area contributed by atoms with Crippen LogP contribution in [0.15, 0.2) is 0 Å². The fraction of sp³-hybridized carbons (Fsp3) is 0.846. The number of nitrogens with zero attached hydrogens (tertiary/aromatic N) is 2. The van der Waals surface area contributed by atoms with E-state index in [1.807, 2.05) is 14.1 Å². The number of thiol groups is 1. The molecule has 0 aromatic carbocycles. The number of hydrogen-bond donors (Lipinski definition) is 1. The summed E-state index contributed by atoms with van der Waals surface area (Å²) in [5.74, 6) is 0.349. The van der Waals surface area contributed by atoms with E-state index in [9.17, 15) is 9.59 Å². The monoisotopic (exact) mass is 290 g/mol. The van der Waals surface area contributed by atoms with E-state index in [2.05, 4.69) is 22.4 Å². The third kappa shape index (κ3) is 12.2. The Bertz CT molecular complexity index is 250. The quantitative estimate of drug-likeness (QED) is 0.326. The lowest BCUT2D eigenvalue weighted by Gasteiger charge is -2.21. The second-order valence-corrected chi connectivity index (χ2v) is 5.10. The molecule has 0 unspecified atom stereocenters. The summed E-state index contributed by atoms with van der Waals surface area (Å²) < 4.78 is 4.97. The first-order chi connectivity index (χ1) is 9.10. The van der Waals surface area contributed by atoms with Gasteiger partial charge < -0.3 is 19.3 Å². The lowest BCUT2D eigenvalue weighted by atomic mass is 10.3. The molecule has 0 aliphatic rings. The number of rotatable bonds is 12. The van der Waals surface area contributed by atoms with Crippen LogP contribution in [0.4, 0.5) is 0 Å². The fourth-order valence-corrected chi connectivity index (χ4v) is 1.75. The van der Waals surface area contributed by atoms with Crippen molar-refractivity contribution in [3.05, 3.63) is 0 Å². The number of carbonyl (C=O) groups excluding carboxylic acids is 2. The van der Waals surface area contributed by atoms with Gasteiger partial charge in [-0.05, 0) is 33.6 Å². The van der Waals surface area contributed by atoms with Crippen LogP contribution in [0, 0.1) is 0 Å². The Kier molecular flexibility index (Phi) is 12.1. The summed E-state index contributed by atoms with van der Waals surface area (Å²) >= 11 is 3.98. The molecule has 0 saturated carbocycles. The molecule has 0 aromatic heterocycles. The molecule has 0 spiro atoms. The molecule has 0 amide bonds. The molecule has 0 fully saturated rings. The topological polar surface area (TPSA) is 49.9 Å². The SMILES string of the molecule is CN(C)CCCN(CCC=O)CCC(=O)OCCS. The lowest BCUT2D eigenvalue weighted by Crippen LogP contribution is -2.31. The summed E-state index contributed by atoms with van der Waals surface area (Å²) in [7, 11) is 4.06. The normalized spacial score (nSPS) is 11.0. The van der Waals surface area contributed by atoms with E-state index in [0.717, 1.165) is 25.8 Å². The number of ether oxygens (including phenoxy) is 1. The molecule has 5 nitrogen and oxygen atoms in total. The van der Waals surface area contributed by atoms with E-state index in [1.54, 1.807) is 0 Å². The van der Waals surface area contributed by atoms with Crippen LogP contribution in [0.5, 0.6) is 0 Å². The molecule has 112 valence electrons. The molecule has 0 rings (SSSR count). The maximum atomic E-state index is 11.4. The van der Waals surface area contributed by atoms with E-state index >= 15 is 0 Å². The minimum absolute atomic E-state index is 0.197. The van der Waals surface area contributed by atoms with Crippen molar-refractivity contribution in [1.29, 1.82) is 0 Å². The zero-order chi connectivity index (χ0) is 14.5. The Morgan fingerprint density at radius 3 is 2.53 bits per heavy atom. The highest BCUT2D eigenvalue weighted by atomic mass is 32.1. The Labute approximate surface area is 121 Å². The zero-order valence-corrected chi connectivity index (χ0v) is 12.9. The molecule has 0 aromatic rings. The van der Waals surface area contributed by atoms with Gasteiger partial charge in [-0.3, -0.25) is 4.79 Å². The fourth-order valence-electron chi connectivity index (χ4n) is 1.66. The van der Waals surface area contributed by atoms with Gasteiger partial charge in [0, 0.05) is 25.3 Å². The molecule has 0 N–H and O–H groups in total. The maximum absolute atomic E-state index is 11.4. The van der Waals surface area contributed by atoms with Gasteiger partial charge in [0.2, 0.25) is 0 Å². The molecule has 0 aliphatic carbocycles. The highest BCUT2D eigenvalue weighted by molar-refractivity contribution is 7.80. The summed E-state index contributed by atoms with van der Waals surface area (Å²) in [6.07, 6.45) is 2.82. The molecule has 6 heteroatoms. The van der Waals surface area contributed by atoms with E-state index in [0.29, 0.717) is 38.3 Å². The van der Waals surface area contributed by atoms with Crippen LogP contribution >= 0.6 is 12.6 Å². The Hall–Kier alpha value is -0.590. The van der Waals surface area contributed by atoms with Gasteiger partial charge in [-0.15, -0.1) is 0 Å². The van der Waals surface area contributed by atoms with Crippen molar-refractivity contribution in [2.24, 2.45) is 0 Å². The third-order valence-corrected chi connectivity index (χ3v) is 2.81. The first-order valence-electron chi connectivity index (χ1n) is 6.67. The van der Waals surface area contributed by atoms with Crippen molar-refractivity contribution < 1.29 is 14.3 Å². The average molecular weight is 290 g/mol. The molecule has 0 bridgehead atoms. The highest BCUT2D eigenvalue weighted by Gasteiger charge is 2.09. The van der Waals surface area contributed by atoms with Gasteiger partial charge >= 0.3 is 5.97 Å². The molecule has 19 heavy (non-hydrogen) atoms. The van der Waals surface area contributed by atoms with Crippen molar-refractivity contribution in [3.63, 3.8) is 0 Å². The van der Waals surface area contributed by atoms with Crippen molar-refractivity contribution in [3.8, 4) is 0 Å². The smallest absolute Gasteiger partial charge is 0.307 e. The van der Waals surface area contributed by atoms with Gasteiger partial charge in [0.1, 0.15) is 12.9 Å². The number of aldehydes is 1. The second-order valence-electron chi connectivity index (χ2n) is 4.65. The van der Waals surface area contributed by atoms with Crippen molar-refractivity contribution in [2.45, 2.75) is 19.3 Å². The van der Waals surface area contributed by atoms with E-state index in [4.69, 9.17) is 4.74 Å². The van der Waals surface area contributed by atoms with E-state index < -0.39 is 0 Å². The van der Waals surface area contributed by atoms with Crippen LogP contribution in [0.25, 0.3) is 0 Å². The molecule has 0 saturated heterocycles. The van der Waals surface area contributed by atoms with Gasteiger partial charge in [-0.25, -0.2) is 0 Å². The molecule has 0 atom stereocenters. The zero-order valence-electron chi connectivity index (χ0n) is 12.0. The molecule has 0 heterocycles. The van der Waals surface area contributed by atoms with Crippen LogP contribution in [0.3, 0.4) is 0 Å². The number of hydrogen-bond acceptors (Lipinski definition) is 6. The molecule has 0 aliphatic heterocycles. The van der Waals surface area contributed by atoms with Gasteiger partial charge in [0.15, 0.2) is 0 Å². The summed E-state index contributed by atoms with van der Waals surface area (Å²) in [4.78, 5) is 26.1. The van der Waals surface area contributed by atoms with E-state index in [-0.39, 0.29) is 5.97 Å². The third-order valence-electron chi connectivity index (χ3n) is 2.63. The van der Waals surface area contributed by atoms with Crippen LogP contribution in [-0.2, 0) is 14.3 Å². The standard InChI is InChI=1S/C13H26N2O3S/c1-14(2)6-3-7-15(8-4-10-16)9-5-13(17)18-11-12-19/h10,19H,3-9,11-12H2,1-2H3. The summed E-state index contributed by atoms with van der Waals surface area (Å²) in [5, 5.41) is 0. The first kappa shape index (κ1) is 18.4. The number of carbonyl (C=O) groups is 2. The molecular weight excluding hydrogens is 264 g/mol. The second kappa shape index (κ2) is 12.4.